The van der Waals surface area contributed by atoms with E-state index in [4.69, 9.17) is 15.7 Å². The van der Waals surface area contributed by atoms with Crippen LogP contribution in [0.1, 0.15) is 31.9 Å². The van der Waals surface area contributed by atoms with Crippen LogP contribution in [0.5, 0.6) is 5.75 Å². The predicted molar refractivity (Wildman–Crippen MR) is 128 cm³/mol. The molecule has 7 heteroatoms. The SMILES string of the molecule is Cc1c(C(=O)N/N=C\c2ccccc2OCc2cccc3ccccc23)sc(N)c1C#N. The quantitative estimate of drug-likeness (QED) is 0.325. The minimum absolute atomic E-state index is 0.325. The number of carbonyl (C=O) groups is 1. The van der Waals surface area contributed by atoms with Crippen LogP contribution in [0.2, 0.25) is 0 Å². The highest BCUT2D eigenvalue weighted by molar-refractivity contribution is 7.18. The molecule has 0 fully saturated rings. The lowest BCUT2D eigenvalue weighted by Crippen LogP contribution is -2.17. The molecule has 0 aliphatic heterocycles. The molecule has 4 aromatic rings. The molecule has 0 unspecified atom stereocenters. The first-order chi connectivity index (χ1) is 15.6. The van der Waals surface area contributed by atoms with Crippen molar-refractivity contribution in [2.45, 2.75) is 13.5 Å². The van der Waals surface area contributed by atoms with Crippen LogP contribution in [-0.4, -0.2) is 12.1 Å². The van der Waals surface area contributed by atoms with Crippen molar-refractivity contribution in [3.63, 3.8) is 0 Å². The number of hydrogen-bond acceptors (Lipinski definition) is 6. The van der Waals surface area contributed by atoms with Gasteiger partial charge in [0.05, 0.1) is 11.8 Å². The van der Waals surface area contributed by atoms with Gasteiger partial charge in [-0.2, -0.15) is 10.4 Å². The first kappa shape index (κ1) is 21.1. The zero-order chi connectivity index (χ0) is 22.5. The van der Waals surface area contributed by atoms with Crippen molar-refractivity contribution in [2.75, 3.05) is 5.73 Å². The van der Waals surface area contributed by atoms with Crippen LogP contribution in [0.25, 0.3) is 10.8 Å². The average molecular weight is 441 g/mol. The summed E-state index contributed by atoms with van der Waals surface area (Å²) in [5, 5.41) is 15.8. The highest BCUT2D eigenvalue weighted by atomic mass is 32.1. The van der Waals surface area contributed by atoms with E-state index in [2.05, 4.69) is 28.7 Å². The maximum Gasteiger partial charge on any atom is 0.281 e. The summed E-state index contributed by atoms with van der Waals surface area (Å²) in [6, 6.07) is 23.8. The molecule has 0 spiro atoms. The van der Waals surface area contributed by atoms with Crippen LogP contribution in [0.4, 0.5) is 5.00 Å². The molecule has 0 saturated carbocycles. The van der Waals surface area contributed by atoms with Crippen molar-refractivity contribution < 1.29 is 9.53 Å². The van der Waals surface area contributed by atoms with E-state index in [1.54, 1.807) is 6.92 Å². The molecule has 158 valence electrons. The van der Waals surface area contributed by atoms with Crippen LogP contribution in [0.3, 0.4) is 0 Å². The molecule has 1 amide bonds. The summed E-state index contributed by atoms with van der Waals surface area (Å²) in [6.07, 6.45) is 1.54. The number of ether oxygens (including phenoxy) is 1. The van der Waals surface area contributed by atoms with Crippen molar-refractivity contribution in [1.82, 2.24) is 5.43 Å². The normalized spacial score (nSPS) is 10.9. The first-order valence-electron chi connectivity index (χ1n) is 9.89. The number of nitriles is 1. The molecule has 0 bridgehead atoms. The Morgan fingerprint density at radius 1 is 1.16 bits per heavy atom. The van der Waals surface area contributed by atoms with Gasteiger partial charge in [-0.1, -0.05) is 54.6 Å². The lowest BCUT2D eigenvalue weighted by Gasteiger charge is -2.11. The van der Waals surface area contributed by atoms with Gasteiger partial charge in [0.15, 0.2) is 0 Å². The van der Waals surface area contributed by atoms with Gasteiger partial charge >= 0.3 is 0 Å². The van der Waals surface area contributed by atoms with E-state index < -0.39 is 5.91 Å². The van der Waals surface area contributed by atoms with E-state index in [1.165, 1.54) is 6.21 Å². The third-order valence-corrected chi connectivity index (χ3v) is 6.16. The smallest absolute Gasteiger partial charge is 0.281 e. The molecule has 0 aliphatic carbocycles. The molecule has 3 N–H and O–H groups in total. The summed E-state index contributed by atoms with van der Waals surface area (Å²) >= 11 is 1.07. The number of fused-ring (bicyclic) bond motifs is 1. The van der Waals surface area contributed by atoms with Crippen molar-refractivity contribution in [1.29, 1.82) is 5.26 Å². The number of benzene rings is 3. The number of amides is 1. The van der Waals surface area contributed by atoms with Crippen LogP contribution in [0.15, 0.2) is 71.8 Å². The number of hydrazone groups is 1. The summed E-state index contributed by atoms with van der Waals surface area (Å²) in [6.45, 7) is 2.10. The zero-order valence-corrected chi connectivity index (χ0v) is 18.1. The van der Waals surface area contributed by atoms with E-state index in [0.717, 1.165) is 33.2 Å². The summed E-state index contributed by atoms with van der Waals surface area (Å²) < 4.78 is 6.07. The second-order valence-corrected chi connectivity index (χ2v) is 8.12. The third kappa shape index (κ3) is 4.31. The van der Waals surface area contributed by atoms with Crippen LogP contribution in [0, 0.1) is 18.3 Å². The Labute approximate surface area is 189 Å². The molecular formula is C25H20N4O2S. The van der Waals surface area contributed by atoms with Gasteiger partial charge in [-0.25, -0.2) is 5.43 Å². The Morgan fingerprint density at radius 3 is 2.72 bits per heavy atom. The molecule has 32 heavy (non-hydrogen) atoms. The molecular weight excluding hydrogens is 420 g/mol. The highest BCUT2D eigenvalue weighted by Gasteiger charge is 2.18. The standard InChI is InChI=1S/C25H20N4O2S/c1-16-21(13-26)24(27)32-23(16)25(30)29-28-14-18-8-3-5-12-22(18)31-15-19-10-6-9-17-7-2-4-11-20(17)19/h2-12,14H,15,27H2,1H3,(H,29,30)/b28-14-. The fraction of sp³-hybridized carbons (Fsp3) is 0.0800. The van der Waals surface area contributed by atoms with Gasteiger partial charge in [0.2, 0.25) is 0 Å². The maximum absolute atomic E-state index is 12.4. The molecule has 3 aromatic carbocycles. The van der Waals surface area contributed by atoms with E-state index in [1.807, 2.05) is 54.6 Å². The van der Waals surface area contributed by atoms with E-state index >= 15 is 0 Å². The number of nitrogens with two attached hydrogens (primary N) is 1. The fourth-order valence-corrected chi connectivity index (χ4v) is 4.31. The number of rotatable bonds is 6. The number of thiophene rings is 1. The van der Waals surface area contributed by atoms with Gasteiger partial charge in [-0.3, -0.25) is 4.79 Å². The summed E-state index contributed by atoms with van der Waals surface area (Å²) in [5.41, 5.74) is 11.0. The summed E-state index contributed by atoms with van der Waals surface area (Å²) in [4.78, 5) is 12.8. The van der Waals surface area contributed by atoms with Gasteiger partial charge < -0.3 is 10.5 Å². The Hall–Kier alpha value is -4.15. The third-order valence-electron chi connectivity index (χ3n) is 5.04. The number of para-hydroxylation sites is 1. The number of nitrogen functional groups attached to an aromatic ring is 1. The van der Waals surface area contributed by atoms with Crippen LogP contribution in [-0.2, 0) is 6.61 Å². The number of nitrogens with one attached hydrogen (secondary N) is 1. The number of anilines is 1. The largest absolute Gasteiger partial charge is 0.488 e. The van der Waals surface area contributed by atoms with E-state index in [-0.39, 0.29) is 0 Å². The van der Waals surface area contributed by atoms with Gasteiger partial charge in [0, 0.05) is 5.56 Å². The minimum Gasteiger partial charge on any atom is -0.488 e. The molecule has 0 aliphatic rings. The number of nitrogens with zero attached hydrogens (tertiary/aromatic N) is 2. The Kier molecular flexibility index (Phi) is 6.15. The number of hydrogen-bond donors (Lipinski definition) is 2. The van der Waals surface area contributed by atoms with Gasteiger partial charge in [-0.05, 0) is 41.0 Å². The average Bonchev–Trinajstić information content (AvgIpc) is 3.11. The maximum atomic E-state index is 12.4. The number of carbonyl (C=O) groups excluding carboxylic acids is 1. The fourth-order valence-electron chi connectivity index (χ4n) is 3.40. The minimum atomic E-state index is -0.411. The van der Waals surface area contributed by atoms with E-state index in [9.17, 15) is 4.79 Å². The van der Waals surface area contributed by atoms with Gasteiger partial charge in [0.25, 0.3) is 5.91 Å². The Morgan fingerprint density at radius 2 is 1.91 bits per heavy atom. The summed E-state index contributed by atoms with van der Waals surface area (Å²) in [7, 11) is 0. The predicted octanol–water partition coefficient (Wildman–Crippen LogP) is 5.01. The molecule has 1 heterocycles. The monoisotopic (exact) mass is 440 g/mol. The second kappa shape index (κ2) is 9.33. The van der Waals surface area contributed by atoms with Gasteiger partial charge in [0.1, 0.15) is 28.3 Å². The van der Waals surface area contributed by atoms with Crippen molar-refractivity contribution in [2.24, 2.45) is 5.10 Å². The topological polar surface area (TPSA) is 100 Å². The van der Waals surface area contributed by atoms with Crippen LogP contribution < -0.4 is 15.9 Å². The van der Waals surface area contributed by atoms with E-state index in [0.29, 0.717) is 33.4 Å². The molecule has 0 atom stereocenters. The highest BCUT2D eigenvalue weighted by Crippen LogP contribution is 2.29. The van der Waals surface area contributed by atoms with Gasteiger partial charge in [-0.15, -0.1) is 11.3 Å². The lowest BCUT2D eigenvalue weighted by molar-refractivity contribution is 0.0958. The lowest BCUT2D eigenvalue weighted by atomic mass is 10.1. The zero-order valence-electron chi connectivity index (χ0n) is 17.3. The Balaban J connectivity index is 1.47. The summed E-state index contributed by atoms with van der Waals surface area (Å²) in [5.74, 6) is 0.243. The molecule has 4 rings (SSSR count). The second-order valence-electron chi connectivity index (χ2n) is 7.07. The molecule has 6 nitrogen and oxygen atoms in total. The van der Waals surface area contributed by atoms with Crippen molar-refractivity contribution in [3.8, 4) is 11.8 Å². The van der Waals surface area contributed by atoms with Crippen molar-refractivity contribution in [3.05, 3.63) is 93.9 Å². The Bertz CT molecular complexity index is 1360. The molecule has 0 saturated heterocycles. The molecule has 1 aromatic heterocycles. The van der Waals surface area contributed by atoms with Crippen LogP contribution >= 0.6 is 11.3 Å². The first-order valence-corrected chi connectivity index (χ1v) is 10.7. The van der Waals surface area contributed by atoms with Crippen molar-refractivity contribution >= 4 is 39.2 Å². The molecule has 0 radical (unpaired) electrons.